The van der Waals surface area contributed by atoms with Crippen LogP contribution in [0.25, 0.3) is 5.41 Å². The number of nitro groups is 1. The highest BCUT2D eigenvalue weighted by atomic mass is 31.2. The maximum Gasteiger partial charge on any atom is 0.269 e. The highest BCUT2D eigenvalue weighted by Gasteiger charge is 2.44. The number of hydrogen-bond acceptors (Lipinski definition) is 3. The maximum absolute atomic E-state index is 10.8. The van der Waals surface area contributed by atoms with Gasteiger partial charge in [0.15, 0.2) is 0 Å². The number of nitriles is 1. The summed E-state index contributed by atoms with van der Waals surface area (Å²) >= 11 is 0. The van der Waals surface area contributed by atoms with Crippen molar-refractivity contribution in [2.75, 3.05) is 18.5 Å². The van der Waals surface area contributed by atoms with Gasteiger partial charge in [0.05, 0.1) is 29.0 Å². The van der Waals surface area contributed by atoms with Crippen molar-refractivity contribution in [3.8, 4) is 6.07 Å². The van der Waals surface area contributed by atoms with E-state index in [1.165, 1.54) is 12.1 Å². The third-order valence-electron chi connectivity index (χ3n) is 4.37. The summed E-state index contributed by atoms with van der Waals surface area (Å²) < 4.78 is 0. The van der Waals surface area contributed by atoms with E-state index < -0.39 is 12.2 Å². The van der Waals surface area contributed by atoms with Gasteiger partial charge >= 0.3 is 0 Å². The Morgan fingerprint density at radius 1 is 1.27 bits per heavy atom. The molecule has 1 rings (SSSR count). The highest BCUT2D eigenvalue weighted by Crippen LogP contribution is 2.70. The molecule has 6 heteroatoms. The van der Waals surface area contributed by atoms with E-state index in [-0.39, 0.29) is 16.9 Å². The van der Waals surface area contributed by atoms with Crippen molar-refractivity contribution < 1.29 is 4.92 Å². The van der Waals surface area contributed by atoms with Crippen LogP contribution in [0.2, 0.25) is 0 Å². The van der Waals surface area contributed by atoms with Gasteiger partial charge in [-0.05, 0) is 38.5 Å². The number of nitro benzene ring substituents is 1. The Morgan fingerprint density at radius 3 is 2.09 bits per heavy atom. The minimum Gasteiger partial charge on any atom is -0.762 e. The fourth-order valence-electron chi connectivity index (χ4n) is 2.90. The molecule has 0 heterocycles. The van der Waals surface area contributed by atoms with Gasteiger partial charge in [-0.25, -0.2) is 0 Å². The molecule has 1 unspecified atom stereocenters. The summed E-state index contributed by atoms with van der Waals surface area (Å²) in [4.78, 5) is 10.4. The van der Waals surface area contributed by atoms with Crippen LogP contribution in [-0.2, 0) is 0 Å². The molecule has 0 saturated carbocycles. The van der Waals surface area contributed by atoms with Gasteiger partial charge in [-0.15, -0.1) is 0 Å². The number of hydrogen-bond donors (Lipinski definition) is 0. The third-order valence-corrected chi connectivity index (χ3v) is 9.80. The lowest BCUT2D eigenvalue weighted by atomic mass is 10.1. The van der Waals surface area contributed by atoms with Crippen LogP contribution in [0, 0.1) is 21.4 Å². The molecule has 1 atom stereocenters. The summed E-state index contributed by atoms with van der Waals surface area (Å²) in [5, 5.41) is 29.5. The lowest BCUT2D eigenvalue weighted by molar-refractivity contribution is -0.384. The zero-order valence-electron chi connectivity index (χ0n) is 13.1. The molecule has 0 aliphatic rings. The van der Waals surface area contributed by atoms with Crippen molar-refractivity contribution in [1.29, 1.82) is 5.26 Å². The van der Waals surface area contributed by atoms with Crippen molar-refractivity contribution in [3.63, 3.8) is 0 Å². The van der Waals surface area contributed by atoms with Gasteiger partial charge in [0.25, 0.3) is 5.69 Å². The molecular formula is C16H20N3O2P. The van der Waals surface area contributed by atoms with Gasteiger partial charge < -0.3 is 5.41 Å². The molecule has 0 radical (unpaired) electrons. The summed E-state index contributed by atoms with van der Waals surface area (Å²) in [6, 6.07) is 8.32. The van der Waals surface area contributed by atoms with Crippen molar-refractivity contribution >= 4 is 18.8 Å². The largest absolute Gasteiger partial charge is 0.762 e. The molecule has 0 bridgehead atoms. The predicted molar refractivity (Wildman–Crippen MR) is 91.9 cm³/mol. The van der Waals surface area contributed by atoms with E-state index in [1.54, 1.807) is 12.1 Å². The summed E-state index contributed by atoms with van der Waals surface area (Å²) in [7, 11) is -1.55. The second kappa shape index (κ2) is 7.84. The van der Waals surface area contributed by atoms with Crippen LogP contribution in [0.4, 0.5) is 5.69 Å². The molecule has 1 aromatic carbocycles. The van der Waals surface area contributed by atoms with Gasteiger partial charge in [0.1, 0.15) is 11.7 Å². The Bertz CT molecular complexity index is 616. The van der Waals surface area contributed by atoms with Gasteiger partial charge in [-0.3, -0.25) is 16.0 Å². The smallest absolute Gasteiger partial charge is 0.269 e. The molecule has 0 spiro atoms. The monoisotopic (exact) mass is 317 g/mol. The van der Waals surface area contributed by atoms with E-state index in [9.17, 15) is 20.8 Å². The first-order chi connectivity index (χ1) is 10.5. The van der Waals surface area contributed by atoms with Crippen molar-refractivity contribution in [3.05, 3.63) is 50.9 Å². The maximum atomic E-state index is 10.8. The molecule has 22 heavy (non-hydrogen) atoms. The van der Waals surface area contributed by atoms with Gasteiger partial charge in [0.2, 0.25) is 0 Å². The second-order valence-corrected chi connectivity index (χ2v) is 9.91. The average molecular weight is 317 g/mol. The van der Waals surface area contributed by atoms with Crippen LogP contribution in [0.15, 0.2) is 29.8 Å². The average Bonchev–Trinajstić information content (AvgIpc) is 2.56. The van der Waals surface area contributed by atoms with Gasteiger partial charge in [-0.2, -0.15) is 5.26 Å². The Kier molecular flexibility index (Phi) is 6.43. The van der Waals surface area contributed by atoms with Crippen LogP contribution in [0.1, 0.15) is 32.0 Å². The SMILES string of the molecule is CC[P+](CC)(CC)C(C(=C=[N-])C#N)c1ccc([N+](=O)[O-])cc1. The molecule has 0 fully saturated rings. The lowest BCUT2D eigenvalue weighted by Crippen LogP contribution is -2.15. The first-order valence-electron chi connectivity index (χ1n) is 7.26. The Labute approximate surface area is 131 Å². The molecule has 0 saturated heterocycles. The Balaban J connectivity index is 3.48. The normalized spacial score (nSPS) is 12.1. The summed E-state index contributed by atoms with van der Waals surface area (Å²) in [5.74, 6) is 2.05. The lowest BCUT2D eigenvalue weighted by Gasteiger charge is -2.32. The third kappa shape index (κ3) is 3.42. The summed E-state index contributed by atoms with van der Waals surface area (Å²) in [6.45, 7) is 6.31. The van der Waals surface area contributed by atoms with Gasteiger partial charge in [0, 0.05) is 19.4 Å². The van der Waals surface area contributed by atoms with Crippen molar-refractivity contribution in [2.24, 2.45) is 0 Å². The van der Waals surface area contributed by atoms with E-state index in [1.807, 2.05) is 11.9 Å². The van der Waals surface area contributed by atoms with Gasteiger partial charge in [-0.1, -0.05) is 0 Å². The fourth-order valence-corrected chi connectivity index (χ4v) is 6.81. The first-order valence-corrected chi connectivity index (χ1v) is 9.68. The van der Waals surface area contributed by atoms with Crippen molar-refractivity contribution in [1.82, 2.24) is 0 Å². The number of nitrogens with zero attached hydrogens (tertiary/aromatic N) is 3. The molecule has 0 N–H and O–H groups in total. The standard InChI is InChI=1S/C16H20N3O2P/c1-4-22(5-2,6-3)16(14(11-17)12-18)13-7-9-15(10-8-13)19(20)21/h7-10,16H,4-6H2,1-3H3. The highest BCUT2D eigenvalue weighted by molar-refractivity contribution is 7.76. The Hall–Kier alpha value is -2.01. The molecule has 0 aliphatic heterocycles. The Morgan fingerprint density at radius 2 is 1.77 bits per heavy atom. The molecule has 1 aromatic rings. The van der Waals surface area contributed by atoms with Crippen LogP contribution in [0.3, 0.4) is 0 Å². The topological polar surface area (TPSA) is 89.2 Å². The number of benzene rings is 1. The fraction of sp³-hybridized carbons (Fsp3) is 0.438. The zero-order valence-corrected chi connectivity index (χ0v) is 14.0. The second-order valence-electron chi connectivity index (χ2n) is 5.06. The quantitative estimate of drug-likeness (QED) is 0.245. The molecule has 0 aromatic heterocycles. The van der Waals surface area contributed by atoms with Crippen LogP contribution < -0.4 is 0 Å². The number of allylic oxidation sites excluding steroid dienone is 1. The molecule has 5 nitrogen and oxygen atoms in total. The summed E-state index contributed by atoms with van der Waals surface area (Å²) in [6.07, 6.45) is 2.82. The number of non-ortho nitro benzene ring substituents is 1. The molecule has 116 valence electrons. The van der Waals surface area contributed by atoms with E-state index in [2.05, 4.69) is 20.8 Å². The minimum atomic E-state index is -1.55. The summed E-state index contributed by atoms with van der Waals surface area (Å²) in [5.41, 5.74) is 0.852. The first kappa shape index (κ1) is 18.0. The number of rotatable bonds is 7. The predicted octanol–water partition coefficient (Wildman–Crippen LogP) is 4.40. The van der Waals surface area contributed by atoms with Crippen LogP contribution in [-0.4, -0.2) is 29.3 Å². The van der Waals surface area contributed by atoms with Crippen LogP contribution in [0.5, 0.6) is 0 Å². The molecule has 0 amide bonds. The minimum absolute atomic E-state index is 0.0198. The van der Waals surface area contributed by atoms with E-state index in [4.69, 9.17) is 0 Å². The van der Waals surface area contributed by atoms with Crippen LogP contribution >= 0.6 is 7.26 Å². The molecular weight excluding hydrogens is 297 g/mol. The van der Waals surface area contributed by atoms with E-state index in [0.29, 0.717) is 0 Å². The van der Waals surface area contributed by atoms with Crippen molar-refractivity contribution in [2.45, 2.75) is 26.4 Å². The molecule has 0 aliphatic carbocycles. The zero-order chi connectivity index (χ0) is 16.8. The van der Waals surface area contributed by atoms with E-state index in [0.717, 1.165) is 24.0 Å². The van der Waals surface area contributed by atoms with E-state index >= 15 is 0 Å².